The fourth-order valence-corrected chi connectivity index (χ4v) is 2.71. The van der Waals surface area contributed by atoms with Gasteiger partial charge in [-0.15, -0.1) is 0 Å². The van der Waals surface area contributed by atoms with Gasteiger partial charge in [0.05, 0.1) is 6.20 Å². The molecule has 0 aliphatic heterocycles. The standard InChI is InChI=1S/C8H13N3O4S2/c1-16-3-2-7(8(12)13)11-17(14,15)6-4-9-10-5-6/h4-5,7,11H,2-3H2,1H3,(H,9,10)(H,12,13). The van der Waals surface area contributed by atoms with E-state index in [1.165, 1.54) is 18.0 Å². The molecule has 0 saturated carbocycles. The summed E-state index contributed by atoms with van der Waals surface area (Å²) >= 11 is 1.45. The molecule has 0 bridgehead atoms. The molecule has 1 unspecified atom stereocenters. The van der Waals surface area contributed by atoms with Gasteiger partial charge >= 0.3 is 5.97 Å². The smallest absolute Gasteiger partial charge is 0.321 e. The number of carbonyl (C=O) groups is 1. The van der Waals surface area contributed by atoms with E-state index in [0.29, 0.717) is 5.75 Å². The number of nitrogens with one attached hydrogen (secondary N) is 2. The lowest BCUT2D eigenvalue weighted by molar-refractivity contribution is -0.139. The third-order valence-electron chi connectivity index (χ3n) is 1.99. The lowest BCUT2D eigenvalue weighted by Gasteiger charge is -2.13. The lowest BCUT2D eigenvalue weighted by atomic mass is 10.2. The number of aromatic nitrogens is 2. The van der Waals surface area contributed by atoms with Crippen molar-refractivity contribution < 1.29 is 18.3 Å². The number of rotatable bonds is 7. The molecule has 17 heavy (non-hydrogen) atoms. The Bertz CT molecular complexity index is 457. The highest BCUT2D eigenvalue weighted by Gasteiger charge is 2.25. The van der Waals surface area contributed by atoms with E-state index in [4.69, 9.17) is 5.11 Å². The molecule has 0 spiro atoms. The summed E-state index contributed by atoms with van der Waals surface area (Å²) in [7, 11) is -3.83. The Morgan fingerprint density at radius 3 is 2.88 bits per heavy atom. The Balaban J connectivity index is 2.76. The average molecular weight is 279 g/mol. The van der Waals surface area contributed by atoms with Crippen LogP contribution in [0.15, 0.2) is 17.3 Å². The van der Waals surface area contributed by atoms with Crippen LogP contribution >= 0.6 is 11.8 Å². The van der Waals surface area contributed by atoms with Crippen molar-refractivity contribution in [2.24, 2.45) is 0 Å². The number of hydrogen-bond acceptors (Lipinski definition) is 5. The van der Waals surface area contributed by atoms with Crippen LogP contribution < -0.4 is 4.72 Å². The molecule has 0 aliphatic rings. The van der Waals surface area contributed by atoms with Crippen LogP contribution in [0.1, 0.15) is 6.42 Å². The lowest BCUT2D eigenvalue weighted by Crippen LogP contribution is -2.41. The first kappa shape index (κ1) is 14.0. The van der Waals surface area contributed by atoms with Gasteiger partial charge in [-0.3, -0.25) is 9.89 Å². The molecule has 1 atom stereocenters. The van der Waals surface area contributed by atoms with Gasteiger partial charge < -0.3 is 5.11 Å². The van der Waals surface area contributed by atoms with Crippen LogP contribution in [0.3, 0.4) is 0 Å². The average Bonchev–Trinajstić information content (AvgIpc) is 2.77. The molecule has 96 valence electrons. The first-order chi connectivity index (χ1) is 7.97. The van der Waals surface area contributed by atoms with Crippen molar-refractivity contribution >= 4 is 27.8 Å². The van der Waals surface area contributed by atoms with Crippen LogP contribution in [0, 0.1) is 0 Å². The van der Waals surface area contributed by atoms with Crippen LogP contribution in [-0.4, -0.2) is 47.7 Å². The summed E-state index contributed by atoms with van der Waals surface area (Å²) in [5, 5.41) is 14.8. The summed E-state index contributed by atoms with van der Waals surface area (Å²) in [5.74, 6) is -0.628. The highest BCUT2D eigenvalue weighted by molar-refractivity contribution is 7.98. The zero-order chi connectivity index (χ0) is 12.9. The minimum Gasteiger partial charge on any atom is -0.480 e. The van der Waals surface area contributed by atoms with Crippen molar-refractivity contribution in [1.29, 1.82) is 0 Å². The molecular formula is C8H13N3O4S2. The number of hydrogen-bond donors (Lipinski definition) is 3. The normalized spacial score (nSPS) is 13.5. The van der Waals surface area contributed by atoms with Crippen molar-refractivity contribution in [3.8, 4) is 0 Å². The van der Waals surface area contributed by atoms with Gasteiger partial charge in [-0.1, -0.05) is 0 Å². The van der Waals surface area contributed by atoms with Crippen molar-refractivity contribution in [3.63, 3.8) is 0 Å². The van der Waals surface area contributed by atoms with Gasteiger partial charge in [0, 0.05) is 6.20 Å². The van der Waals surface area contributed by atoms with Gasteiger partial charge in [-0.05, 0) is 18.4 Å². The molecule has 9 heteroatoms. The van der Waals surface area contributed by atoms with Gasteiger partial charge in [0.1, 0.15) is 10.9 Å². The second kappa shape index (κ2) is 6.03. The largest absolute Gasteiger partial charge is 0.480 e. The molecule has 0 aromatic carbocycles. The predicted octanol–water partition coefficient (Wildman–Crippen LogP) is -0.106. The predicted molar refractivity (Wildman–Crippen MR) is 63.3 cm³/mol. The number of aliphatic carboxylic acids is 1. The molecule has 0 saturated heterocycles. The van der Waals surface area contributed by atoms with Crippen LogP contribution in [0.25, 0.3) is 0 Å². The highest BCUT2D eigenvalue weighted by Crippen LogP contribution is 2.08. The molecule has 1 aromatic heterocycles. The van der Waals surface area contributed by atoms with Crippen LogP contribution in [-0.2, 0) is 14.8 Å². The monoisotopic (exact) mass is 279 g/mol. The number of sulfonamides is 1. The Labute approximate surface area is 103 Å². The first-order valence-electron chi connectivity index (χ1n) is 4.70. The van der Waals surface area contributed by atoms with E-state index in [0.717, 1.165) is 6.20 Å². The quantitative estimate of drug-likeness (QED) is 0.642. The SMILES string of the molecule is CSCCC(NS(=O)(=O)c1cn[nH]c1)C(=O)O. The Morgan fingerprint density at radius 2 is 2.41 bits per heavy atom. The topological polar surface area (TPSA) is 112 Å². The molecule has 0 radical (unpaired) electrons. The molecule has 0 aliphatic carbocycles. The Morgan fingerprint density at radius 1 is 1.71 bits per heavy atom. The maximum absolute atomic E-state index is 11.7. The highest BCUT2D eigenvalue weighted by atomic mass is 32.2. The fourth-order valence-electron chi connectivity index (χ4n) is 1.11. The third-order valence-corrected chi connectivity index (χ3v) is 4.07. The number of carboxylic acid groups (broad SMARTS) is 1. The van der Waals surface area contributed by atoms with Gasteiger partial charge in [-0.25, -0.2) is 8.42 Å². The molecule has 0 amide bonds. The molecule has 0 fully saturated rings. The Hall–Kier alpha value is -1.06. The van der Waals surface area contributed by atoms with E-state index < -0.39 is 22.0 Å². The number of carboxylic acids is 1. The minimum atomic E-state index is -3.83. The van der Waals surface area contributed by atoms with Gasteiger partial charge in [0.2, 0.25) is 10.0 Å². The second-order valence-corrected chi connectivity index (χ2v) is 5.93. The van der Waals surface area contributed by atoms with Gasteiger partial charge in [-0.2, -0.15) is 21.6 Å². The van der Waals surface area contributed by atoms with Gasteiger partial charge in [0.15, 0.2) is 0 Å². The van der Waals surface area contributed by atoms with Crippen LogP contribution in [0.4, 0.5) is 0 Å². The Kier molecular flexibility index (Phi) is 4.97. The van der Waals surface area contributed by atoms with E-state index in [1.807, 2.05) is 6.26 Å². The molecular weight excluding hydrogens is 266 g/mol. The van der Waals surface area contributed by atoms with E-state index in [1.54, 1.807) is 0 Å². The third kappa shape index (κ3) is 4.02. The minimum absolute atomic E-state index is 0.0760. The summed E-state index contributed by atoms with van der Waals surface area (Å²) < 4.78 is 25.6. The van der Waals surface area contributed by atoms with E-state index >= 15 is 0 Å². The van der Waals surface area contributed by atoms with E-state index in [9.17, 15) is 13.2 Å². The zero-order valence-corrected chi connectivity index (χ0v) is 10.7. The molecule has 1 aromatic rings. The molecule has 7 nitrogen and oxygen atoms in total. The number of thioether (sulfide) groups is 1. The van der Waals surface area contributed by atoms with Crippen LogP contribution in [0.2, 0.25) is 0 Å². The summed E-state index contributed by atoms with van der Waals surface area (Å²) in [6, 6.07) is -1.12. The maximum Gasteiger partial charge on any atom is 0.321 e. The summed E-state index contributed by atoms with van der Waals surface area (Å²) in [4.78, 5) is 10.8. The van der Waals surface area contributed by atoms with E-state index in [-0.39, 0.29) is 11.3 Å². The van der Waals surface area contributed by atoms with Gasteiger partial charge in [0.25, 0.3) is 0 Å². The first-order valence-corrected chi connectivity index (χ1v) is 7.58. The molecule has 1 rings (SSSR count). The summed E-state index contributed by atoms with van der Waals surface area (Å²) in [5.41, 5.74) is 0. The summed E-state index contributed by atoms with van der Waals surface area (Å²) in [6.07, 6.45) is 4.36. The number of aromatic amines is 1. The van der Waals surface area contributed by atoms with Crippen LogP contribution in [0.5, 0.6) is 0 Å². The summed E-state index contributed by atoms with van der Waals surface area (Å²) in [6.45, 7) is 0. The number of H-pyrrole nitrogens is 1. The van der Waals surface area contributed by atoms with Crippen molar-refractivity contribution in [2.45, 2.75) is 17.4 Å². The van der Waals surface area contributed by atoms with E-state index in [2.05, 4.69) is 14.9 Å². The van der Waals surface area contributed by atoms with Crippen molar-refractivity contribution in [1.82, 2.24) is 14.9 Å². The van der Waals surface area contributed by atoms with Crippen molar-refractivity contribution in [3.05, 3.63) is 12.4 Å². The molecule has 1 heterocycles. The fraction of sp³-hybridized carbons (Fsp3) is 0.500. The maximum atomic E-state index is 11.7. The van der Waals surface area contributed by atoms with Crippen molar-refractivity contribution in [2.75, 3.05) is 12.0 Å². The second-order valence-electron chi connectivity index (χ2n) is 3.23. The molecule has 3 N–H and O–H groups in total. The number of nitrogens with zero attached hydrogens (tertiary/aromatic N) is 1. The zero-order valence-electron chi connectivity index (χ0n) is 9.08.